The van der Waals surface area contributed by atoms with Crippen molar-refractivity contribution in [3.8, 4) is 0 Å². The topological polar surface area (TPSA) is 44.9 Å². The summed E-state index contributed by atoms with van der Waals surface area (Å²) in [5, 5.41) is 4.54. The molecule has 2 aromatic rings. The van der Waals surface area contributed by atoms with Crippen LogP contribution in [0.1, 0.15) is 39.2 Å². The van der Waals surface area contributed by atoms with Crippen LogP contribution in [0.5, 0.6) is 0 Å². The molecule has 0 bridgehead atoms. The van der Waals surface area contributed by atoms with Crippen LogP contribution >= 0.6 is 0 Å². The molecule has 0 aliphatic heterocycles. The zero-order valence-corrected chi connectivity index (χ0v) is 11.9. The van der Waals surface area contributed by atoms with Gasteiger partial charge in [0.2, 0.25) is 0 Å². The quantitative estimate of drug-likeness (QED) is 0.865. The van der Waals surface area contributed by atoms with E-state index in [1.807, 2.05) is 30.3 Å². The number of hydrogen-bond donors (Lipinski definition) is 2. The third-order valence-corrected chi connectivity index (χ3v) is 3.46. The molecule has 0 saturated heterocycles. The molecule has 3 nitrogen and oxygen atoms in total. The highest BCUT2D eigenvalue weighted by atomic mass is 16.1. The molecule has 0 aliphatic carbocycles. The molecule has 0 radical (unpaired) electrons. The maximum absolute atomic E-state index is 12.0. The highest BCUT2D eigenvalue weighted by molar-refractivity contribution is 5.78. The number of pyridine rings is 1. The maximum atomic E-state index is 12.0. The average Bonchev–Trinajstić information content (AvgIpc) is 2.36. The summed E-state index contributed by atoms with van der Waals surface area (Å²) in [6.07, 6.45) is 2.23. The van der Waals surface area contributed by atoms with Gasteiger partial charge in [0.15, 0.2) is 0 Å². The molecule has 0 aliphatic rings. The molecule has 2 rings (SSSR count). The van der Waals surface area contributed by atoms with Crippen LogP contribution in [-0.2, 0) is 6.54 Å². The Bertz CT molecular complexity index is 613. The maximum Gasteiger partial charge on any atom is 0.252 e. The monoisotopic (exact) mass is 258 g/mol. The van der Waals surface area contributed by atoms with E-state index >= 15 is 0 Å². The Morgan fingerprint density at radius 1 is 1.26 bits per heavy atom. The van der Waals surface area contributed by atoms with Gasteiger partial charge in [-0.2, -0.15) is 0 Å². The Balaban J connectivity index is 2.21. The number of hydrogen-bond acceptors (Lipinski definition) is 2. The molecule has 0 amide bonds. The zero-order chi connectivity index (χ0) is 13.9. The van der Waals surface area contributed by atoms with Gasteiger partial charge in [-0.05, 0) is 37.8 Å². The van der Waals surface area contributed by atoms with Crippen molar-refractivity contribution in [3.05, 3.63) is 46.2 Å². The summed E-state index contributed by atoms with van der Waals surface area (Å²) in [4.78, 5) is 14.9. The number of para-hydroxylation sites is 1. The number of aromatic nitrogens is 1. The number of aromatic amines is 1. The van der Waals surface area contributed by atoms with Crippen molar-refractivity contribution in [1.82, 2.24) is 10.3 Å². The van der Waals surface area contributed by atoms with Crippen molar-refractivity contribution in [2.24, 2.45) is 0 Å². The van der Waals surface area contributed by atoms with Crippen LogP contribution in [0.15, 0.2) is 35.1 Å². The van der Waals surface area contributed by atoms with Crippen LogP contribution in [0, 0.1) is 0 Å². The van der Waals surface area contributed by atoms with Gasteiger partial charge in [-0.1, -0.05) is 31.5 Å². The van der Waals surface area contributed by atoms with E-state index in [-0.39, 0.29) is 11.1 Å². The molecule has 1 aromatic carbocycles. The summed E-state index contributed by atoms with van der Waals surface area (Å²) in [5.41, 5.74) is 1.75. The second-order valence-corrected chi connectivity index (χ2v) is 5.70. The predicted molar refractivity (Wildman–Crippen MR) is 80.4 cm³/mol. The van der Waals surface area contributed by atoms with Gasteiger partial charge in [0, 0.05) is 23.2 Å². The molecule has 1 aromatic heterocycles. The SMILES string of the molecule is CCCC(C)(C)NCc1cc2ccccc2[nH]c1=O. The molecule has 0 unspecified atom stereocenters. The van der Waals surface area contributed by atoms with Crippen LogP contribution in [0.3, 0.4) is 0 Å². The number of rotatable bonds is 5. The van der Waals surface area contributed by atoms with Gasteiger partial charge in [-0.15, -0.1) is 0 Å². The third kappa shape index (κ3) is 3.44. The second kappa shape index (κ2) is 5.57. The van der Waals surface area contributed by atoms with E-state index in [0.717, 1.165) is 29.3 Å². The van der Waals surface area contributed by atoms with Crippen molar-refractivity contribution >= 4 is 10.9 Å². The average molecular weight is 258 g/mol. The molecule has 19 heavy (non-hydrogen) atoms. The number of H-pyrrole nitrogens is 1. The van der Waals surface area contributed by atoms with Crippen molar-refractivity contribution in [1.29, 1.82) is 0 Å². The Kier molecular flexibility index (Phi) is 4.05. The van der Waals surface area contributed by atoms with Gasteiger partial charge in [0.1, 0.15) is 0 Å². The first-order valence-electron chi connectivity index (χ1n) is 6.88. The van der Waals surface area contributed by atoms with Crippen LogP contribution in [-0.4, -0.2) is 10.5 Å². The van der Waals surface area contributed by atoms with Crippen LogP contribution in [0.25, 0.3) is 10.9 Å². The minimum atomic E-state index is -0.00139. The van der Waals surface area contributed by atoms with E-state index in [9.17, 15) is 4.79 Å². The van der Waals surface area contributed by atoms with Crippen LogP contribution < -0.4 is 10.9 Å². The Hall–Kier alpha value is -1.61. The van der Waals surface area contributed by atoms with Crippen molar-refractivity contribution in [2.75, 3.05) is 0 Å². The first-order valence-corrected chi connectivity index (χ1v) is 6.88. The molecule has 3 heteroatoms. The van der Waals surface area contributed by atoms with Crippen LogP contribution in [0.2, 0.25) is 0 Å². The summed E-state index contributed by atoms with van der Waals surface area (Å²) in [6, 6.07) is 9.84. The molecule has 102 valence electrons. The normalized spacial score (nSPS) is 11.9. The Morgan fingerprint density at radius 2 is 2.00 bits per heavy atom. The largest absolute Gasteiger partial charge is 0.322 e. The predicted octanol–water partition coefficient (Wildman–Crippen LogP) is 3.20. The second-order valence-electron chi connectivity index (χ2n) is 5.70. The molecule has 0 saturated carbocycles. The van der Waals surface area contributed by atoms with Gasteiger partial charge in [0.25, 0.3) is 5.56 Å². The number of fused-ring (bicyclic) bond motifs is 1. The van der Waals surface area contributed by atoms with Gasteiger partial charge in [-0.25, -0.2) is 0 Å². The van der Waals surface area contributed by atoms with Crippen molar-refractivity contribution < 1.29 is 0 Å². The molecule has 2 N–H and O–H groups in total. The van der Waals surface area contributed by atoms with E-state index < -0.39 is 0 Å². The first kappa shape index (κ1) is 13.8. The first-order chi connectivity index (χ1) is 9.02. The summed E-state index contributed by atoms with van der Waals surface area (Å²) in [7, 11) is 0. The Labute approximate surface area is 114 Å². The zero-order valence-electron chi connectivity index (χ0n) is 11.9. The fourth-order valence-electron chi connectivity index (χ4n) is 2.37. The molecule has 1 heterocycles. The fraction of sp³-hybridized carbons (Fsp3) is 0.438. The van der Waals surface area contributed by atoms with Gasteiger partial charge >= 0.3 is 0 Å². The number of nitrogens with one attached hydrogen (secondary N) is 2. The lowest BCUT2D eigenvalue weighted by Crippen LogP contribution is -2.39. The summed E-state index contributed by atoms with van der Waals surface area (Å²) < 4.78 is 0. The van der Waals surface area contributed by atoms with Gasteiger partial charge in [0.05, 0.1) is 0 Å². The molecule has 0 spiro atoms. The van der Waals surface area contributed by atoms with Gasteiger partial charge < -0.3 is 10.3 Å². The third-order valence-electron chi connectivity index (χ3n) is 3.46. The standard InChI is InChI=1S/C16H22N2O/c1-4-9-16(2,3)17-11-13-10-12-7-5-6-8-14(12)18-15(13)19/h5-8,10,17H,4,9,11H2,1-3H3,(H,18,19). The molecule has 0 fully saturated rings. The number of benzene rings is 1. The lowest BCUT2D eigenvalue weighted by molar-refractivity contribution is 0.356. The van der Waals surface area contributed by atoms with E-state index in [1.165, 1.54) is 0 Å². The van der Waals surface area contributed by atoms with E-state index in [0.29, 0.717) is 6.54 Å². The summed E-state index contributed by atoms with van der Waals surface area (Å²) >= 11 is 0. The minimum absolute atomic E-state index is 0.00139. The molecular weight excluding hydrogens is 236 g/mol. The van der Waals surface area contributed by atoms with E-state index in [2.05, 4.69) is 31.1 Å². The highest BCUT2D eigenvalue weighted by Gasteiger charge is 2.16. The van der Waals surface area contributed by atoms with Crippen molar-refractivity contribution in [3.63, 3.8) is 0 Å². The molecule has 0 atom stereocenters. The summed E-state index contributed by atoms with van der Waals surface area (Å²) in [5.74, 6) is 0. The van der Waals surface area contributed by atoms with E-state index in [4.69, 9.17) is 0 Å². The van der Waals surface area contributed by atoms with Gasteiger partial charge in [-0.3, -0.25) is 4.79 Å². The van der Waals surface area contributed by atoms with E-state index in [1.54, 1.807) is 0 Å². The fourth-order valence-corrected chi connectivity index (χ4v) is 2.37. The Morgan fingerprint density at radius 3 is 2.74 bits per heavy atom. The smallest absolute Gasteiger partial charge is 0.252 e. The summed E-state index contributed by atoms with van der Waals surface area (Å²) in [6.45, 7) is 7.12. The molecular formula is C16H22N2O. The highest BCUT2D eigenvalue weighted by Crippen LogP contribution is 2.13. The minimum Gasteiger partial charge on any atom is -0.322 e. The lowest BCUT2D eigenvalue weighted by Gasteiger charge is -2.25. The lowest BCUT2D eigenvalue weighted by atomic mass is 9.98. The van der Waals surface area contributed by atoms with Crippen molar-refractivity contribution in [2.45, 2.75) is 45.7 Å². The van der Waals surface area contributed by atoms with Crippen LogP contribution in [0.4, 0.5) is 0 Å².